The van der Waals surface area contributed by atoms with Crippen LogP contribution in [-0.2, 0) is 11.3 Å². The van der Waals surface area contributed by atoms with Crippen LogP contribution in [0.2, 0.25) is 0 Å². The summed E-state index contributed by atoms with van der Waals surface area (Å²) < 4.78 is 0. The Morgan fingerprint density at radius 1 is 1.22 bits per heavy atom. The summed E-state index contributed by atoms with van der Waals surface area (Å²) >= 11 is 0. The lowest BCUT2D eigenvalue weighted by Gasteiger charge is -2.13. The minimum atomic E-state index is -0.270. The van der Waals surface area contributed by atoms with Gasteiger partial charge in [0.2, 0.25) is 5.91 Å². The molecule has 0 fully saturated rings. The van der Waals surface area contributed by atoms with Crippen molar-refractivity contribution in [2.24, 2.45) is 5.73 Å². The van der Waals surface area contributed by atoms with Gasteiger partial charge in [-0.3, -0.25) is 4.79 Å². The molecular weight excluding hydrogens is 224 g/mol. The number of nitrogens with one attached hydrogen (secondary N) is 1. The molecule has 3 nitrogen and oxygen atoms in total. The van der Waals surface area contributed by atoms with Crippen molar-refractivity contribution in [3.05, 3.63) is 48.0 Å². The second-order valence-electron chi connectivity index (χ2n) is 4.59. The number of nitrogens with two attached hydrogens (primary N) is 1. The Hall–Kier alpha value is -1.87. The molecular formula is C15H18N2O. The number of hydrogen-bond donors (Lipinski definition) is 2. The Labute approximate surface area is 107 Å². The third kappa shape index (κ3) is 3.08. The zero-order chi connectivity index (χ0) is 13.0. The van der Waals surface area contributed by atoms with Crippen molar-refractivity contribution < 1.29 is 4.79 Å². The Kier molecular flexibility index (Phi) is 3.95. The second-order valence-corrected chi connectivity index (χ2v) is 4.59. The molecule has 0 aliphatic heterocycles. The average Bonchev–Trinajstić information content (AvgIpc) is 2.35. The molecule has 3 heteroatoms. The van der Waals surface area contributed by atoms with Crippen molar-refractivity contribution in [3.63, 3.8) is 0 Å². The molecule has 0 radical (unpaired) electrons. The Bertz CT molecular complexity index is 546. The number of carbonyl (C=O) groups excluding carboxylic acids is 1. The summed E-state index contributed by atoms with van der Waals surface area (Å²) in [6, 6.07) is 14.7. The van der Waals surface area contributed by atoms with Gasteiger partial charge in [-0.05, 0) is 23.3 Å². The van der Waals surface area contributed by atoms with Crippen LogP contribution >= 0.6 is 0 Å². The van der Waals surface area contributed by atoms with E-state index in [4.69, 9.17) is 5.73 Å². The fourth-order valence-corrected chi connectivity index (χ4v) is 2.10. The molecule has 1 atom stereocenters. The average molecular weight is 242 g/mol. The topological polar surface area (TPSA) is 55.1 Å². The minimum absolute atomic E-state index is 0.0986. The fourth-order valence-electron chi connectivity index (χ4n) is 2.10. The van der Waals surface area contributed by atoms with Crippen LogP contribution in [0.5, 0.6) is 0 Å². The summed E-state index contributed by atoms with van der Waals surface area (Å²) in [5, 5.41) is 5.81. The molecule has 0 aromatic heterocycles. The highest BCUT2D eigenvalue weighted by Gasteiger charge is 2.06. The number of benzene rings is 2. The van der Waals surface area contributed by atoms with E-state index in [9.17, 15) is 4.79 Å². The molecule has 0 saturated carbocycles. The lowest BCUT2D eigenvalue weighted by Crippen LogP contribution is -2.30. The number of fused-ring (bicyclic) bond motifs is 1. The van der Waals surface area contributed by atoms with Crippen molar-refractivity contribution in [1.29, 1.82) is 0 Å². The molecule has 18 heavy (non-hydrogen) atoms. The largest absolute Gasteiger partial charge is 0.370 e. The van der Waals surface area contributed by atoms with Gasteiger partial charge in [-0.25, -0.2) is 0 Å². The maximum absolute atomic E-state index is 10.8. The molecule has 0 aliphatic carbocycles. The van der Waals surface area contributed by atoms with Crippen LogP contribution in [-0.4, -0.2) is 11.9 Å². The predicted molar refractivity (Wildman–Crippen MR) is 74.1 cm³/mol. The van der Waals surface area contributed by atoms with Gasteiger partial charge in [0.1, 0.15) is 0 Å². The molecule has 0 bridgehead atoms. The minimum Gasteiger partial charge on any atom is -0.370 e. The van der Waals surface area contributed by atoms with E-state index < -0.39 is 0 Å². The highest BCUT2D eigenvalue weighted by molar-refractivity contribution is 5.85. The van der Waals surface area contributed by atoms with E-state index in [0.29, 0.717) is 6.42 Å². The van der Waals surface area contributed by atoms with Gasteiger partial charge in [0, 0.05) is 19.0 Å². The van der Waals surface area contributed by atoms with Gasteiger partial charge in [-0.1, -0.05) is 42.5 Å². The lowest BCUT2D eigenvalue weighted by molar-refractivity contribution is -0.118. The molecule has 0 heterocycles. The summed E-state index contributed by atoms with van der Waals surface area (Å²) in [5.41, 5.74) is 6.41. The van der Waals surface area contributed by atoms with Crippen LogP contribution in [0.3, 0.4) is 0 Å². The third-order valence-corrected chi connectivity index (χ3v) is 3.03. The number of rotatable bonds is 5. The first-order valence-electron chi connectivity index (χ1n) is 6.15. The van der Waals surface area contributed by atoms with Gasteiger partial charge in [0.15, 0.2) is 0 Å². The molecule has 2 aromatic carbocycles. The van der Waals surface area contributed by atoms with Crippen LogP contribution in [0, 0.1) is 0 Å². The van der Waals surface area contributed by atoms with E-state index in [2.05, 4.69) is 35.6 Å². The first-order valence-corrected chi connectivity index (χ1v) is 6.15. The zero-order valence-corrected chi connectivity index (χ0v) is 10.5. The van der Waals surface area contributed by atoms with Crippen LogP contribution in [0.4, 0.5) is 0 Å². The monoisotopic (exact) mass is 242 g/mol. The smallest absolute Gasteiger partial charge is 0.218 e. The van der Waals surface area contributed by atoms with E-state index in [1.807, 2.05) is 19.1 Å². The summed E-state index contributed by atoms with van der Waals surface area (Å²) in [5.74, 6) is -0.270. The fraction of sp³-hybridized carbons (Fsp3) is 0.267. The van der Waals surface area contributed by atoms with Gasteiger partial charge in [0.05, 0.1) is 0 Å². The number of hydrogen-bond acceptors (Lipinski definition) is 2. The number of carbonyl (C=O) groups is 1. The van der Waals surface area contributed by atoms with Gasteiger partial charge in [0.25, 0.3) is 0 Å². The van der Waals surface area contributed by atoms with Crippen molar-refractivity contribution in [3.8, 4) is 0 Å². The van der Waals surface area contributed by atoms with Crippen LogP contribution in [0.1, 0.15) is 18.9 Å². The standard InChI is InChI=1S/C15H18N2O/c1-11(9-15(16)18)17-10-13-7-4-6-12-5-2-3-8-14(12)13/h2-8,11,17H,9-10H2,1H3,(H2,16,18). The molecule has 3 N–H and O–H groups in total. The normalized spacial score (nSPS) is 12.5. The molecule has 2 rings (SSSR count). The van der Waals surface area contributed by atoms with E-state index in [-0.39, 0.29) is 11.9 Å². The van der Waals surface area contributed by atoms with Crippen molar-refractivity contribution in [2.45, 2.75) is 25.9 Å². The predicted octanol–water partition coefficient (Wildman–Crippen LogP) is 2.19. The molecule has 2 aromatic rings. The van der Waals surface area contributed by atoms with Gasteiger partial charge >= 0.3 is 0 Å². The molecule has 1 amide bonds. The molecule has 0 spiro atoms. The van der Waals surface area contributed by atoms with Gasteiger partial charge < -0.3 is 11.1 Å². The summed E-state index contributed by atoms with van der Waals surface area (Å²) in [6.45, 7) is 2.71. The van der Waals surface area contributed by atoms with Crippen LogP contribution in [0.15, 0.2) is 42.5 Å². The van der Waals surface area contributed by atoms with Crippen molar-refractivity contribution in [2.75, 3.05) is 0 Å². The summed E-state index contributed by atoms with van der Waals surface area (Å²) in [6.07, 6.45) is 0.366. The van der Waals surface area contributed by atoms with E-state index in [1.54, 1.807) is 0 Å². The Balaban J connectivity index is 2.10. The molecule has 1 unspecified atom stereocenters. The third-order valence-electron chi connectivity index (χ3n) is 3.03. The lowest BCUT2D eigenvalue weighted by atomic mass is 10.0. The molecule has 94 valence electrons. The first-order chi connectivity index (χ1) is 8.66. The zero-order valence-electron chi connectivity index (χ0n) is 10.5. The number of primary amides is 1. The van der Waals surface area contributed by atoms with E-state index in [1.165, 1.54) is 16.3 Å². The quantitative estimate of drug-likeness (QED) is 0.844. The molecule has 0 aliphatic rings. The van der Waals surface area contributed by atoms with Crippen LogP contribution in [0.25, 0.3) is 10.8 Å². The van der Waals surface area contributed by atoms with E-state index in [0.717, 1.165) is 6.54 Å². The maximum atomic E-state index is 10.8. The van der Waals surface area contributed by atoms with E-state index >= 15 is 0 Å². The second kappa shape index (κ2) is 5.65. The maximum Gasteiger partial charge on any atom is 0.218 e. The Morgan fingerprint density at radius 3 is 2.72 bits per heavy atom. The van der Waals surface area contributed by atoms with Crippen LogP contribution < -0.4 is 11.1 Å². The highest BCUT2D eigenvalue weighted by Crippen LogP contribution is 2.18. The Morgan fingerprint density at radius 2 is 1.94 bits per heavy atom. The SMILES string of the molecule is CC(CC(N)=O)NCc1cccc2ccccc12. The molecule has 0 saturated heterocycles. The highest BCUT2D eigenvalue weighted by atomic mass is 16.1. The number of amides is 1. The van der Waals surface area contributed by atoms with Gasteiger partial charge in [-0.2, -0.15) is 0 Å². The van der Waals surface area contributed by atoms with Crippen molar-refractivity contribution in [1.82, 2.24) is 5.32 Å². The van der Waals surface area contributed by atoms with Gasteiger partial charge in [-0.15, -0.1) is 0 Å². The summed E-state index contributed by atoms with van der Waals surface area (Å²) in [4.78, 5) is 10.8. The summed E-state index contributed by atoms with van der Waals surface area (Å²) in [7, 11) is 0. The first kappa shape index (κ1) is 12.6. The van der Waals surface area contributed by atoms with Crippen molar-refractivity contribution >= 4 is 16.7 Å².